The van der Waals surface area contributed by atoms with Crippen molar-refractivity contribution < 1.29 is 44.3 Å². The molecule has 82 heavy (non-hydrogen) atoms. The van der Waals surface area contributed by atoms with E-state index in [1.54, 1.807) is 76.2 Å². The molecule has 3 aliphatic heterocycles. The van der Waals surface area contributed by atoms with Gasteiger partial charge in [-0.1, -0.05) is 52.3 Å². The number of carbonyl (C=O) groups excluding carboxylic acids is 2. The quantitative estimate of drug-likeness (QED) is 0.0585. The number of nitrogens with zero attached hydrogens (tertiary/aromatic N) is 11. The number of nitrogens with two attached hydrogens (primary N) is 3. The van der Waals surface area contributed by atoms with Gasteiger partial charge in [0.1, 0.15) is 32.7 Å². The number of aromatic nitrogens is 6. The molecule has 0 bridgehead atoms. The number of methoxy groups -OCH3 is 2. The summed E-state index contributed by atoms with van der Waals surface area (Å²) in [5.74, 6) is 0.213. The Labute approximate surface area is 492 Å². The van der Waals surface area contributed by atoms with Crippen LogP contribution in [0.2, 0.25) is 0 Å². The van der Waals surface area contributed by atoms with Crippen molar-refractivity contribution >= 4 is 80.8 Å². The second-order valence-corrected chi connectivity index (χ2v) is 22.6. The molecule has 0 saturated carbocycles. The van der Waals surface area contributed by atoms with E-state index in [9.17, 15) is 34.8 Å². The lowest BCUT2D eigenvalue weighted by Gasteiger charge is -2.43. The van der Waals surface area contributed by atoms with Crippen LogP contribution >= 0.6 is 28.3 Å². The number of para-hydroxylation sites is 3. The van der Waals surface area contributed by atoms with E-state index >= 15 is 0 Å². The number of anilines is 6. The number of rotatable bonds is 11. The Balaban J connectivity index is 0.000000212. The van der Waals surface area contributed by atoms with E-state index < -0.39 is 21.4 Å². The minimum Gasteiger partial charge on any atom is -0.507 e. The normalized spacial score (nSPS) is 15.0. The van der Waals surface area contributed by atoms with Crippen molar-refractivity contribution in [2.45, 2.75) is 56.9 Å². The highest BCUT2D eigenvalue weighted by Gasteiger charge is 2.39. The number of phenolic OH excluding ortho intramolecular Hbond substituents is 3. The number of benzene rings is 3. The van der Waals surface area contributed by atoms with Crippen molar-refractivity contribution in [1.29, 1.82) is 0 Å². The molecule has 0 spiro atoms. The molecule has 6 aromatic rings. The van der Waals surface area contributed by atoms with Crippen LogP contribution in [0.15, 0.2) is 91.0 Å². The van der Waals surface area contributed by atoms with Crippen LogP contribution in [0.25, 0.3) is 33.8 Å². The maximum absolute atomic E-state index is 12.0. The number of alkyl halides is 1. The van der Waals surface area contributed by atoms with Gasteiger partial charge in [-0.05, 0) is 96.1 Å². The van der Waals surface area contributed by atoms with Gasteiger partial charge in [0, 0.05) is 95.2 Å². The van der Waals surface area contributed by atoms with E-state index in [0.29, 0.717) is 104 Å². The van der Waals surface area contributed by atoms with E-state index in [0.717, 1.165) is 43.2 Å². The third-order valence-corrected chi connectivity index (χ3v) is 14.4. The van der Waals surface area contributed by atoms with Gasteiger partial charge in [0.15, 0.2) is 17.5 Å². The molecule has 3 fully saturated rings. The molecule has 9 rings (SSSR count). The summed E-state index contributed by atoms with van der Waals surface area (Å²) in [6, 6.07) is 26.6. The van der Waals surface area contributed by atoms with Crippen LogP contribution in [-0.4, -0.2) is 187 Å². The minimum absolute atomic E-state index is 0. The molecule has 0 radical (unpaired) electrons. The number of phenols is 3. The summed E-state index contributed by atoms with van der Waals surface area (Å²) >= 11 is 3.13. The standard InChI is InChI=1S/C19H25N5O3.C18H23N5O3.C14H17N5O.C5H9BrO2.ClH/c1-19(2,18(26)27-3)24-10-8-23(9-11-24)15-12-14(21-22-17(15)20)13-6-4-5-7-16(13)25;1-18(2,17(25)26)23-9-7-22(8-10-23)14-11-13(20-21-16(14)19)12-5-3-4-6-15(12)24;15-14-12(19-7-5-16-6-8-19)9-11(17-18-14)10-3-1-2-4-13(10)20;1-5(2,6)4(7)8-3;/h4-7,12,25H,8-11H2,1-3H3,(H2,20,22);3-6,11,24H,7-10H2,1-2H3,(H2,19,21)(H,25,26);1-4,9,16,20H,5-8H2,(H2,15,18);1-3H3;1H. The van der Waals surface area contributed by atoms with Gasteiger partial charge in [0.2, 0.25) is 0 Å². The fourth-order valence-electron chi connectivity index (χ4n) is 9.07. The fourth-order valence-corrected chi connectivity index (χ4v) is 9.24. The molecule has 3 aromatic heterocycles. The first kappa shape index (κ1) is 65.0. The zero-order valence-electron chi connectivity index (χ0n) is 47.4. The lowest BCUT2D eigenvalue weighted by Crippen LogP contribution is -2.58. The van der Waals surface area contributed by atoms with Crippen LogP contribution in [0.1, 0.15) is 41.5 Å². The van der Waals surface area contributed by atoms with Crippen LogP contribution in [0.5, 0.6) is 17.2 Å². The highest BCUT2D eigenvalue weighted by atomic mass is 79.9. The average Bonchev–Trinajstić information content (AvgIpc) is 3.67. The number of carboxylic acids is 1. The predicted octanol–water partition coefficient (Wildman–Crippen LogP) is 5.52. The first-order valence-electron chi connectivity index (χ1n) is 26.2. The van der Waals surface area contributed by atoms with Crippen LogP contribution in [0.4, 0.5) is 34.5 Å². The Morgan fingerprint density at radius 3 is 1.09 bits per heavy atom. The topological polar surface area (TPSA) is 334 Å². The molecular weight excluding hydrogens is 1140 g/mol. The summed E-state index contributed by atoms with van der Waals surface area (Å²) in [6.07, 6.45) is 0. The number of aliphatic carboxylic acids is 1. The lowest BCUT2D eigenvalue weighted by molar-refractivity contribution is -0.153. The molecule has 11 N–H and O–H groups in total. The third kappa shape index (κ3) is 16.2. The second-order valence-electron chi connectivity index (χ2n) is 20.6. The number of hydrogen-bond acceptors (Lipinski definition) is 23. The van der Waals surface area contributed by atoms with Crippen molar-refractivity contribution in [2.24, 2.45) is 0 Å². The number of aromatic hydroxyl groups is 3. The molecular formula is C56H75BrClN15O9. The van der Waals surface area contributed by atoms with Crippen molar-refractivity contribution in [2.75, 3.05) is 125 Å². The largest absolute Gasteiger partial charge is 0.507 e. The van der Waals surface area contributed by atoms with Gasteiger partial charge in [0.05, 0.1) is 48.4 Å². The van der Waals surface area contributed by atoms with Crippen LogP contribution in [0.3, 0.4) is 0 Å². The number of nitrogen functional groups attached to an aromatic ring is 3. The summed E-state index contributed by atoms with van der Waals surface area (Å²) in [6.45, 7) is 19.5. The first-order valence-corrected chi connectivity index (χ1v) is 27.0. The van der Waals surface area contributed by atoms with Crippen molar-refractivity contribution in [3.63, 3.8) is 0 Å². The average molecular weight is 1220 g/mol. The van der Waals surface area contributed by atoms with Gasteiger partial charge >= 0.3 is 17.9 Å². The van der Waals surface area contributed by atoms with E-state index in [1.807, 2.05) is 61.2 Å². The van der Waals surface area contributed by atoms with Crippen LogP contribution in [-0.2, 0) is 23.9 Å². The van der Waals surface area contributed by atoms with Gasteiger partial charge in [-0.25, -0.2) is 0 Å². The van der Waals surface area contributed by atoms with Crippen molar-refractivity contribution in [3.05, 3.63) is 91.0 Å². The maximum atomic E-state index is 12.0. The van der Waals surface area contributed by atoms with Gasteiger partial charge < -0.3 is 67.1 Å². The van der Waals surface area contributed by atoms with E-state index in [1.165, 1.54) is 14.2 Å². The number of ether oxygens (including phenoxy) is 2. The Kier molecular flexibility index (Phi) is 22.8. The highest BCUT2D eigenvalue weighted by Crippen LogP contribution is 2.35. The third-order valence-electron chi connectivity index (χ3n) is 14.1. The Morgan fingerprint density at radius 1 is 0.500 bits per heavy atom. The zero-order valence-corrected chi connectivity index (χ0v) is 49.8. The molecule has 3 aromatic carbocycles. The maximum Gasteiger partial charge on any atom is 0.325 e. The van der Waals surface area contributed by atoms with Crippen molar-refractivity contribution in [3.8, 4) is 51.0 Å². The zero-order chi connectivity index (χ0) is 59.2. The van der Waals surface area contributed by atoms with Gasteiger partial charge in [0.25, 0.3) is 0 Å². The molecule has 0 unspecified atom stereocenters. The molecule has 3 saturated heterocycles. The lowest BCUT2D eigenvalue weighted by atomic mass is 10.0. The smallest absolute Gasteiger partial charge is 0.325 e. The number of piperazine rings is 3. The van der Waals surface area contributed by atoms with E-state index in [-0.39, 0.29) is 41.6 Å². The SMILES string of the molecule is CC(C)(C(=O)O)N1CCN(c2cc(-c3ccccc3O)nnc2N)CC1.COC(=O)C(C)(C)Br.COC(=O)C(C)(C)N1CCN(c2cc(-c3ccccc3O)nnc2N)CC1.Cl.Nc1nnc(-c2ccccc2O)cc1N1CCNCC1. The summed E-state index contributed by atoms with van der Waals surface area (Å²) in [4.78, 5) is 44.5. The summed E-state index contributed by atoms with van der Waals surface area (Å²) < 4.78 is 8.81. The number of esters is 2. The summed E-state index contributed by atoms with van der Waals surface area (Å²) in [7, 11) is 2.77. The number of carboxylic acid groups (broad SMARTS) is 1. The minimum atomic E-state index is -0.908. The monoisotopic (exact) mass is 1220 g/mol. The number of nitrogens with one attached hydrogen (secondary N) is 1. The molecule has 24 nitrogen and oxygen atoms in total. The molecule has 0 aliphatic carbocycles. The number of hydrogen-bond donors (Lipinski definition) is 8. The first-order chi connectivity index (χ1) is 38.4. The Bertz CT molecular complexity index is 3110. The summed E-state index contributed by atoms with van der Waals surface area (Å²) in [5.41, 5.74) is 22.4. The van der Waals surface area contributed by atoms with Gasteiger partial charge in [-0.2, -0.15) is 0 Å². The molecule has 0 amide bonds. The Hall–Kier alpha value is -7.84. The van der Waals surface area contributed by atoms with E-state index in [2.05, 4.69) is 76.2 Å². The predicted molar refractivity (Wildman–Crippen MR) is 323 cm³/mol. The molecule has 3 aliphatic rings. The van der Waals surface area contributed by atoms with Gasteiger partial charge in [-0.15, -0.1) is 43.0 Å². The van der Waals surface area contributed by atoms with Crippen molar-refractivity contribution in [1.82, 2.24) is 45.7 Å². The van der Waals surface area contributed by atoms with Gasteiger partial charge in [-0.3, -0.25) is 24.2 Å². The van der Waals surface area contributed by atoms with E-state index in [4.69, 9.17) is 21.9 Å². The fraction of sp³-hybridized carbons (Fsp3) is 0.411. The molecule has 442 valence electrons. The van der Waals surface area contributed by atoms with Crippen LogP contribution < -0.4 is 37.2 Å². The molecule has 0 atom stereocenters. The Morgan fingerprint density at radius 2 is 0.805 bits per heavy atom. The highest BCUT2D eigenvalue weighted by molar-refractivity contribution is 9.10. The molecule has 6 heterocycles. The van der Waals surface area contributed by atoms with Crippen LogP contribution in [0, 0.1) is 0 Å². The number of carbonyl (C=O) groups is 3. The summed E-state index contributed by atoms with van der Waals surface area (Å²) in [5, 5.41) is 67.1. The molecule has 26 heteroatoms. The number of halogens is 2. The second kappa shape index (κ2) is 28.7.